The second-order valence-corrected chi connectivity index (χ2v) is 6.48. The van der Waals surface area contributed by atoms with E-state index in [4.69, 9.17) is 10.7 Å². The van der Waals surface area contributed by atoms with Crippen LogP contribution in [0.25, 0.3) is 0 Å². The molecule has 2 aliphatic rings. The molecule has 3 rings (SSSR count). The Morgan fingerprint density at radius 3 is 2.52 bits per heavy atom. The number of likely N-dealkylation sites (tertiary alicyclic amines) is 1. The first-order chi connectivity index (χ1) is 10.2. The third-order valence-corrected chi connectivity index (χ3v) is 4.61. The molecule has 5 heteroatoms. The Bertz CT molecular complexity index is 490. The molecule has 0 unspecified atom stereocenters. The molecule has 1 aromatic heterocycles. The Kier molecular flexibility index (Phi) is 4.29. The average molecular weight is 289 g/mol. The summed E-state index contributed by atoms with van der Waals surface area (Å²) in [6, 6.07) is 0.512. The van der Waals surface area contributed by atoms with Gasteiger partial charge >= 0.3 is 0 Å². The molecule has 5 nitrogen and oxygen atoms in total. The monoisotopic (exact) mass is 289 g/mol. The summed E-state index contributed by atoms with van der Waals surface area (Å²) in [7, 11) is 0. The van der Waals surface area contributed by atoms with Gasteiger partial charge in [-0.2, -0.15) is 0 Å². The summed E-state index contributed by atoms with van der Waals surface area (Å²) in [5.41, 5.74) is 7.05. The average Bonchev–Trinajstić information content (AvgIpc) is 3.30. The number of piperidine rings is 1. The van der Waals surface area contributed by atoms with E-state index < -0.39 is 0 Å². The van der Waals surface area contributed by atoms with Gasteiger partial charge < -0.3 is 16.0 Å². The van der Waals surface area contributed by atoms with Crippen LogP contribution in [-0.4, -0.2) is 40.5 Å². The molecule has 0 amide bonds. The van der Waals surface area contributed by atoms with Crippen LogP contribution >= 0.6 is 0 Å². The lowest BCUT2D eigenvalue weighted by molar-refractivity contribution is 0.219. The summed E-state index contributed by atoms with van der Waals surface area (Å²) in [4.78, 5) is 11.7. The highest BCUT2D eigenvalue weighted by molar-refractivity contribution is 5.55. The fourth-order valence-electron chi connectivity index (χ4n) is 3.03. The van der Waals surface area contributed by atoms with Crippen LogP contribution in [0.1, 0.15) is 56.3 Å². The normalized spacial score (nSPS) is 20.7. The Hall–Kier alpha value is -1.36. The Balaban J connectivity index is 1.65. The van der Waals surface area contributed by atoms with E-state index in [9.17, 15) is 0 Å². The molecule has 0 spiro atoms. The Morgan fingerprint density at radius 2 is 1.90 bits per heavy atom. The fraction of sp³-hybridized carbons (Fsp3) is 0.750. The molecular formula is C16H27N5. The van der Waals surface area contributed by atoms with Gasteiger partial charge in [0.2, 0.25) is 0 Å². The second kappa shape index (κ2) is 6.18. The van der Waals surface area contributed by atoms with E-state index in [1.165, 1.54) is 51.7 Å². The zero-order valence-corrected chi connectivity index (χ0v) is 13.2. The molecule has 21 heavy (non-hydrogen) atoms. The van der Waals surface area contributed by atoms with Crippen molar-refractivity contribution in [2.75, 3.05) is 30.7 Å². The maximum Gasteiger partial charge on any atom is 0.136 e. The number of hydrogen-bond acceptors (Lipinski definition) is 5. The minimum Gasteiger partial charge on any atom is -0.383 e. The van der Waals surface area contributed by atoms with Crippen LogP contribution in [0, 0.1) is 6.92 Å². The molecule has 2 fully saturated rings. The first kappa shape index (κ1) is 14.6. The number of anilines is 2. The zero-order chi connectivity index (χ0) is 14.8. The van der Waals surface area contributed by atoms with Gasteiger partial charge in [-0.25, -0.2) is 9.97 Å². The third kappa shape index (κ3) is 3.46. The number of aromatic nitrogens is 2. The quantitative estimate of drug-likeness (QED) is 0.872. The fourth-order valence-corrected chi connectivity index (χ4v) is 3.03. The lowest BCUT2D eigenvalue weighted by Crippen LogP contribution is -2.39. The van der Waals surface area contributed by atoms with Gasteiger partial charge in [0.05, 0.1) is 0 Å². The van der Waals surface area contributed by atoms with Crippen molar-refractivity contribution >= 4 is 11.6 Å². The first-order valence-corrected chi connectivity index (χ1v) is 8.30. The minimum absolute atomic E-state index is 0.512. The van der Waals surface area contributed by atoms with E-state index in [0.717, 1.165) is 17.2 Å². The van der Waals surface area contributed by atoms with E-state index in [-0.39, 0.29) is 0 Å². The number of nitrogen functional groups attached to an aromatic ring is 1. The van der Waals surface area contributed by atoms with Crippen molar-refractivity contribution in [3.63, 3.8) is 0 Å². The largest absolute Gasteiger partial charge is 0.383 e. The molecule has 116 valence electrons. The molecule has 1 aliphatic heterocycles. The highest BCUT2D eigenvalue weighted by Crippen LogP contribution is 2.39. The molecule has 0 bridgehead atoms. The summed E-state index contributed by atoms with van der Waals surface area (Å²) < 4.78 is 0. The summed E-state index contributed by atoms with van der Waals surface area (Å²) >= 11 is 0. The lowest BCUT2D eigenvalue weighted by Gasteiger charge is -2.32. The van der Waals surface area contributed by atoms with E-state index in [1.54, 1.807) is 0 Å². The SMILES string of the molecule is CCCN1CCC(Nc2nc(C3CC3)nc(N)c2C)CC1. The van der Waals surface area contributed by atoms with Gasteiger partial charge in [-0.3, -0.25) is 0 Å². The smallest absolute Gasteiger partial charge is 0.136 e. The number of nitrogens with zero attached hydrogens (tertiary/aromatic N) is 3. The van der Waals surface area contributed by atoms with Gasteiger partial charge in [-0.15, -0.1) is 0 Å². The van der Waals surface area contributed by atoms with Crippen molar-refractivity contribution in [1.29, 1.82) is 0 Å². The molecular weight excluding hydrogens is 262 g/mol. The second-order valence-electron chi connectivity index (χ2n) is 6.48. The van der Waals surface area contributed by atoms with E-state index in [0.29, 0.717) is 17.8 Å². The van der Waals surface area contributed by atoms with Gasteiger partial charge in [0.1, 0.15) is 17.5 Å². The third-order valence-electron chi connectivity index (χ3n) is 4.61. The number of nitrogens with two attached hydrogens (primary N) is 1. The highest BCUT2D eigenvalue weighted by Gasteiger charge is 2.28. The topological polar surface area (TPSA) is 67.1 Å². The summed E-state index contributed by atoms with van der Waals surface area (Å²) in [6.45, 7) is 7.84. The van der Waals surface area contributed by atoms with Crippen molar-refractivity contribution in [1.82, 2.24) is 14.9 Å². The molecule has 1 aliphatic carbocycles. The number of hydrogen-bond donors (Lipinski definition) is 2. The molecule has 3 N–H and O–H groups in total. The van der Waals surface area contributed by atoms with E-state index >= 15 is 0 Å². The van der Waals surface area contributed by atoms with Gasteiger partial charge in [0.25, 0.3) is 0 Å². The first-order valence-electron chi connectivity index (χ1n) is 8.30. The molecule has 0 radical (unpaired) electrons. The number of rotatable bonds is 5. The minimum atomic E-state index is 0.512. The molecule has 1 aromatic rings. The molecule has 0 atom stereocenters. The molecule has 2 heterocycles. The predicted molar refractivity (Wildman–Crippen MR) is 86.5 cm³/mol. The maximum atomic E-state index is 6.05. The highest BCUT2D eigenvalue weighted by atomic mass is 15.2. The van der Waals surface area contributed by atoms with E-state index in [2.05, 4.69) is 22.1 Å². The van der Waals surface area contributed by atoms with Crippen molar-refractivity contribution in [3.05, 3.63) is 11.4 Å². The van der Waals surface area contributed by atoms with Gasteiger partial charge in [-0.05, 0) is 45.6 Å². The Morgan fingerprint density at radius 1 is 1.19 bits per heavy atom. The van der Waals surface area contributed by atoms with Crippen molar-refractivity contribution in [3.8, 4) is 0 Å². The van der Waals surface area contributed by atoms with E-state index in [1.807, 2.05) is 6.92 Å². The van der Waals surface area contributed by atoms with Crippen molar-refractivity contribution in [2.45, 2.75) is 57.9 Å². The van der Waals surface area contributed by atoms with Crippen LogP contribution in [0.3, 0.4) is 0 Å². The van der Waals surface area contributed by atoms with Crippen molar-refractivity contribution < 1.29 is 0 Å². The summed E-state index contributed by atoms with van der Waals surface area (Å²) in [6.07, 6.45) is 6.02. The van der Waals surface area contributed by atoms with Crippen LogP contribution in [0.5, 0.6) is 0 Å². The Labute approximate surface area is 127 Å². The van der Waals surface area contributed by atoms with Crippen LogP contribution in [0.2, 0.25) is 0 Å². The van der Waals surface area contributed by atoms with Crippen LogP contribution in [0.15, 0.2) is 0 Å². The van der Waals surface area contributed by atoms with Crippen molar-refractivity contribution in [2.24, 2.45) is 0 Å². The van der Waals surface area contributed by atoms with Gasteiger partial charge in [-0.1, -0.05) is 6.92 Å². The summed E-state index contributed by atoms with van der Waals surface area (Å²) in [5, 5.41) is 3.62. The van der Waals surface area contributed by atoms with Gasteiger partial charge in [0.15, 0.2) is 0 Å². The van der Waals surface area contributed by atoms with Crippen LogP contribution in [-0.2, 0) is 0 Å². The molecule has 0 aromatic carbocycles. The molecule has 1 saturated carbocycles. The van der Waals surface area contributed by atoms with Crippen LogP contribution in [0.4, 0.5) is 11.6 Å². The van der Waals surface area contributed by atoms with Gasteiger partial charge in [0, 0.05) is 30.6 Å². The predicted octanol–water partition coefficient (Wildman–Crippen LogP) is 2.53. The number of nitrogens with one attached hydrogen (secondary N) is 1. The van der Waals surface area contributed by atoms with Crippen LogP contribution < -0.4 is 11.1 Å². The molecule has 1 saturated heterocycles. The zero-order valence-electron chi connectivity index (χ0n) is 13.2. The maximum absolute atomic E-state index is 6.05. The lowest BCUT2D eigenvalue weighted by atomic mass is 10.0. The summed E-state index contributed by atoms with van der Waals surface area (Å²) in [5.74, 6) is 3.07. The standard InChI is InChI=1S/C16H27N5/c1-3-8-21-9-6-13(7-10-21)18-15-11(2)14(17)19-16(20-15)12-4-5-12/h12-13H,3-10H2,1-2H3,(H3,17,18,19,20).